The number of nitrogens with zero attached hydrogens (tertiary/aromatic N) is 3. The highest BCUT2D eigenvalue weighted by Gasteiger charge is 2.25. The number of nitriles is 1. The Kier molecular flexibility index (Phi) is 6.48. The van der Waals surface area contributed by atoms with Crippen LogP contribution in [0.5, 0.6) is 0 Å². The van der Waals surface area contributed by atoms with Crippen LogP contribution in [0.2, 0.25) is 5.02 Å². The minimum absolute atomic E-state index is 0.0863. The molecule has 6 nitrogen and oxygen atoms in total. The Bertz CT molecular complexity index is 1160. The maximum atomic E-state index is 13.1. The first-order valence-corrected chi connectivity index (χ1v) is 10.7. The van der Waals surface area contributed by atoms with Gasteiger partial charge in [0.1, 0.15) is 0 Å². The van der Waals surface area contributed by atoms with E-state index in [2.05, 4.69) is 16.4 Å². The van der Waals surface area contributed by atoms with Crippen LogP contribution in [-0.2, 0) is 0 Å². The van der Waals surface area contributed by atoms with Gasteiger partial charge in [0.05, 0.1) is 27.9 Å². The molecule has 3 aromatic rings. The number of hydrogen-bond donors (Lipinski definition) is 1. The molecule has 2 heterocycles. The molecule has 1 aliphatic rings. The smallest absolute Gasteiger partial charge is 0.257 e. The number of aromatic nitrogens is 1. The van der Waals surface area contributed by atoms with Gasteiger partial charge >= 0.3 is 0 Å². The number of anilines is 1. The summed E-state index contributed by atoms with van der Waals surface area (Å²) in [7, 11) is 0. The van der Waals surface area contributed by atoms with Crippen LogP contribution in [0.4, 0.5) is 5.69 Å². The lowest BCUT2D eigenvalue weighted by Gasteiger charge is -2.32. The van der Waals surface area contributed by atoms with Gasteiger partial charge in [0.15, 0.2) is 0 Å². The van der Waals surface area contributed by atoms with Crippen molar-refractivity contribution >= 4 is 29.1 Å². The van der Waals surface area contributed by atoms with Gasteiger partial charge in [-0.25, -0.2) is 0 Å². The molecule has 1 aromatic heterocycles. The van der Waals surface area contributed by atoms with Crippen LogP contribution in [0.1, 0.15) is 50.6 Å². The summed E-state index contributed by atoms with van der Waals surface area (Å²) >= 11 is 6.25. The number of carbonyl (C=O) groups excluding carboxylic acids is 2. The first kappa shape index (κ1) is 21.5. The van der Waals surface area contributed by atoms with Gasteiger partial charge in [-0.15, -0.1) is 0 Å². The van der Waals surface area contributed by atoms with Crippen molar-refractivity contribution in [3.8, 4) is 6.07 Å². The lowest BCUT2D eigenvalue weighted by atomic mass is 9.89. The van der Waals surface area contributed by atoms with Crippen molar-refractivity contribution in [1.29, 1.82) is 5.26 Å². The average molecular weight is 445 g/mol. The minimum atomic E-state index is -0.340. The quantitative estimate of drug-likeness (QED) is 0.621. The number of likely N-dealkylation sites (tertiary alicyclic amines) is 1. The fraction of sp³-hybridized carbons (Fsp3) is 0.200. The van der Waals surface area contributed by atoms with Gasteiger partial charge in [-0.2, -0.15) is 5.26 Å². The Morgan fingerprint density at radius 2 is 1.81 bits per heavy atom. The molecule has 4 rings (SSSR count). The summed E-state index contributed by atoms with van der Waals surface area (Å²) in [6.45, 7) is 1.28. The first-order valence-electron chi connectivity index (χ1n) is 10.4. The summed E-state index contributed by atoms with van der Waals surface area (Å²) in [5.41, 5.74) is 3.12. The zero-order valence-corrected chi connectivity index (χ0v) is 18.0. The second-order valence-electron chi connectivity index (χ2n) is 7.69. The van der Waals surface area contributed by atoms with Crippen LogP contribution in [0.3, 0.4) is 0 Å². The maximum absolute atomic E-state index is 13.1. The van der Waals surface area contributed by atoms with E-state index in [0.717, 1.165) is 12.8 Å². The Morgan fingerprint density at radius 3 is 2.47 bits per heavy atom. The topological polar surface area (TPSA) is 86.1 Å². The molecular weight excluding hydrogens is 424 g/mol. The highest BCUT2D eigenvalue weighted by molar-refractivity contribution is 6.34. The largest absolute Gasteiger partial charge is 0.339 e. The Labute approximate surface area is 191 Å². The molecule has 0 radical (unpaired) electrons. The highest BCUT2D eigenvalue weighted by Crippen LogP contribution is 2.30. The van der Waals surface area contributed by atoms with E-state index in [9.17, 15) is 9.59 Å². The van der Waals surface area contributed by atoms with Crippen molar-refractivity contribution in [2.24, 2.45) is 0 Å². The van der Waals surface area contributed by atoms with E-state index in [1.165, 1.54) is 11.8 Å². The van der Waals surface area contributed by atoms with Gasteiger partial charge in [0.25, 0.3) is 11.8 Å². The predicted octanol–water partition coefficient (Wildman–Crippen LogP) is 4.88. The van der Waals surface area contributed by atoms with Crippen LogP contribution < -0.4 is 5.32 Å². The summed E-state index contributed by atoms with van der Waals surface area (Å²) in [4.78, 5) is 31.3. The van der Waals surface area contributed by atoms with Crippen LogP contribution >= 0.6 is 11.6 Å². The van der Waals surface area contributed by atoms with Gasteiger partial charge in [-0.05, 0) is 66.8 Å². The molecule has 0 unspecified atom stereocenters. The van der Waals surface area contributed by atoms with E-state index in [1.54, 1.807) is 36.5 Å². The van der Waals surface area contributed by atoms with Gasteiger partial charge in [-0.3, -0.25) is 14.6 Å². The van der Waals surface area contributed by atoms with E-state index >= 15 is 0 Å². The molecular formula is C25H21ClN4O2. The van der Waals surface area contributed by atoms with Crippen molar-refractivity contribution in [3.05, 3.63) is 94.3 Å². The summed E-state index contributed by atoms with van der Waals surface area (Å²) in [5.74, 6) is -0.0593. The third-order valence-electron chi connectivity index (χ3n) is 5.68. The lowest BCUT2D eigenvalue weighted by Crippen LogP contribution is -2.38. The normalized spacial score (nSPS) is 13.9. The Balaban J connectivity index is 1.42. The maximum Gasteiger partial charge on any atom is 0.257 e. The number of carbonyl (C=O) groups is 2. The van der Waals surface area contributed by atoms with Crippen LogP contribution in [-0.4, -0.2) is 34.8 Å². The third kappa shape index (κ3) is 4.79. The van der Waals surface area contributed by atoms with Crippen molar-refractivity contribution in [2.75, 3.05) is 18.4 Å². The fourth-order valence-corrected chi connectivity index (χ4v) is 4.04. The number of nitrogens with one attached hydrogen (secondary N) is 1. The fourth-order valence-electron chi connectivity index (χ4n) is 3.87. The lowest BCUT2D eigenvalue weighted by molar-refractivity contribution is 0.0712. The van der Waals surface area contributed by atoms with Gasteiger partial charge in [0.2, 0.25) is 0 Å². The zero-order chi connectivity index (χ0) is 22.5. The summed E-state index contributed by atoms with van der Waals surface area (Å²) in [6, 6.07) is 18.1. The molecule has 2 amide bonds. The number of pyridine rings is 1. The molecule has 1 aliphatic heterocycles. The molecule has 0 atom stereocenters. The van der Waals surface area contributed by atoms with Crippen LogP contribution in [0.15, 0.2) is 67.0 Å². The summed E-state index contributed by atoms with van der Waals surface area (Å²) < 4.78 is 0. The number of rotatable bonds is 4. The van der Waals surface area contributed by atoms with E-state index in [0.29, 0.717) is 46.4 Å². The van der Waals surface area contributed by atoms with E-state index in [1.807, 2.05) is 29.2 Å². The van der Waals surface area contributed by atoms with E-state index in [-0.39, 0.29) is 11.8 Å². The number of amides is 2. The first-order chi connectivity index (χ1) is 15.5. The highest BCUT2D eigenvalue weighted by atomic mass is 35.5. The van der Waals surface area contributed by atoms with Gasteiger partial charge < -0.3 is 10.2 Å². The number of hydrogen-bond acceptors (Lipinski definition) is 4. The van der Waals surface area contributed by atoms with Crippen LogP contribution in [0.25, 0.3) is 0 Å². The van der Waals surface area contributed by atoms with E-state index < -0.39 is 0 Å². The van der Waals surface area contributed by atoms with Crippen molar-refractivity contribution in [3.63, 3.8) is 0 Å². The molecule has 160 valence electrons. The minimum Gasteiger partial charge on any atom is -0.339 e. The molecule has 0 spiro atoms. The number of piperidine rings is 1. The molecule has 0 aliphatic carbocycles. The molecule has 1 saturated heterocycles. The average Bonchev–Trinajstić information content (AvgIpc) is 2.85. The van der Waals surface area contributed by atoms with Crippen LogP contribution in [0, 0.1) is 11.3 Å². The van der Waals surface area contributed by atoms with Gasteiger partial charge in [0, 0.05) is 31.0 Å². The van der Waals surface area contributed by atoms with Crippen molar-refractivity contribution in [1.82, 2.24) is 9.88 Å². The van der Waals surface area contributed by atoms with Crippen molar-refractivity contribution in [2.45, 2.75) is 18.8 Å². The summed E-state index contributed by atoms with van der Waals surface area (Å²) in [6.07, 6.45) is 4.77. The molecule has 2 aromatic carbocycles. The predicted molar refractivity (Wildman–Crippen MR) is 123 cm³/mol. The van der Waals surface area contributed by atoms with Gasteiger partial charge in [-0.1, -0.05) is 23.7 Å². The number of halogens is 1. The number of benzene rings is 2. The molecule has 1 N–H and O–H groups in total. The second-order valence-corrected chi connectivity index (χ2v) is 8.10. The zero-order valence-electron chi connectivity index (χ0n) is 17.3. The third-order valence-corrected chi connectivity index (χ3v) is 6.01. The van der Waals surface area contributed by atoms with Crippen molar-refractivity contribution < 1.29 is 9.59 Å². The SMILES string of the molecule is N#Cc1ccc(C2CCN(C(=O)c3ccc(Cl)c(NC(=O)c4cccnc4)c3)CC2)cc1. The molecule has 0 bridgehead atoms. The molecule has 1 fully saturated rings. The molecule has 0 saturated carbocycles. The standard InChI is InChI=1S/C25H21ClN4O2/c26-22-8-7-20(14-23(22)29-24(31)21-2-1-11-28-16-21)25(32)30-12-9-19(10-13-30)18-5-3-17(15-27)4-6-18/h1-8,11,14,16,19H,9-10,12-13H2,(H,29,31). The summed E-state index contributed by atoms with van der Waals surface area (Å²) in [5, 5.41) is 12.1. The monoisotopic (exact) mass is 444 g/mol. The van der Waals surface area contributed by atoms with E-state index in [4.69, 9.17) is 16.9 Å². The molecule has 32 heavy (non-hydrogen) atoms. The second kappa shape index (κ2) is 9.63. The Morgan fingerprint density at radius 1 is 1.06 bits per heavy atom. The Hall–Kier alpha value is -3.69. The molecule has 7 heteroatoms.